The fourth-order valence-corrected chi connectivity index (χ4v) is 2.17. The van der Waals surface area contributed by atoms with Crippen molar-refractivity contribution in [1.82, 2.24) is 5.32 Å². The Kier molecular flexibility index (Phi) is 7.36. The fraction of sp³-hybridized carbons (Fsp3) is 0.500. The van der Waals surface area contributed by atoms with Gasteiger partial charge in [0, 0.05) is 18.0 Å². The number of aromatic hydroxyl groups is 1. The molecule has 0 aromatic heterocycles. The fourth-order valence-electron chi connectivity index (χ4n) is 1.39. The van der Waals surface area contributed by atoms with Crippen LogP contribution in [0.25, 0.3) is 0 Å². The molecule has 0 heterocycles. The Balaban J connectivity index is 2.11. The van der Waals surface area contributed by atoms with Gasteiger partial charge in [0.2, 0.25) is 5.91 Å². The number of ether oxygens (including phenoxy) is 1. The third-order valence-electron chi connectivity index (χ3n) is 2.28. The summed E-state index contributed by atoms with van der Waals surface area (Å²) in [5.41, 5.74) is 0. The van der Waals surface area contributed by atoms with Crippen LogP contribution in [0.3, 0.4) is 0 Å². The van der Waals surface area contributed by atoms with Crippen molar-refractivity contribution in [2.45, 2.75) is 31.3 Å². The number of nitrogens with one attached hydrogen (secondary N) is 1. The lowest BCUT2D eigenvalue weighted by Gasteiger charge is -2.08. The van der Waals surface area contributed by atoms with Gasteiger partial charge in [-0.1, -0.05) is 6.07 Å². The first-order valence-electron chi connectivity index (χ1n) is 6.38. The summed E-state index contributed by atoms with van der Waals surface area (Å²) in [6.07, 6.45) is 1.05. The minimum absolute atomic E-state index is 0.00195. The first-order chi connectivity index (χ1) is 9.08. The molecule has 0 fully saturated rings. The first-order valence-corrected chi connectivity index (χ1v) is 7.36. The molecule has 0 aliphatic heterocycles. The van der Waals surface area contributed by atoms with Crippen LogP contribution in [-0.4, -0.2) is 36.0 Å². The van der Waals surface area contributed by atoms with Crippen molar-refractivity contribution in [1.29, 1.82) is 0 Å². The SMILES string of the molecule is CC(C)OCCCNC(=O)CSc1cccc(O)c1. The van der Waals surface area contributed by atoms with Gasteiger partial charge in [0.15, 0.2) is 0 Å². The van der Waals surface area contributed by atoms with E-state index in [-0.39, 0.29) is 17.8 Å². The molecule has 0 saturated carbocycles. The zero-order valence-electron chi connectivity index (χ0n) is 11.4. The lowest BCUT2D eigenvalue weighted by Crippen LogP contribution is -2.27. The van der Waals surface area contributed by atoms with Gasteiger partial charge in [-0.05, 0) is 38.5 Å². The maximum absolute atomic E-state index is 11.6. The molecule has 0 aliphatic rings. The Hall–Kier alpha value is -1.20. The Morgan fingerprint density at radius 1 is 1.47 bits per heavy atom. The molecule has 0 spiro atoms. The summed E-state index contributed by atoms with van der Waals surface area (Å²) in [5, 5.41) is 12.1. The number of benzene rings is 1. The van der Waals surface area contributed by atoms with Crippen molar-refractivity contribution in [3.8, 4) is 5.75 Å². The number of carbonyl (C=O) groups excluding carboxylic acids is 1. The van der Waals surface area contributed by atoms with Crippen molar-refractivity contribution < 1.29 is 14.6 Å². The summed E-state index contributed by atoms with van der Waals surface area (Å²) in [6.45, 7) is 5.28. The number of phenolic OH excluding ortho intramolecular Hbond substituents is 1. The molecule has 5 heteroatoms. The standard InChI is InChI=1S/C14H21NO3S/c1-11(2)18-8-4-7-15-14(17)10-19-13-6-3-5-12(16)9-13/h3,5-6,9,11,16H,4,7-8,10H2,1-2H3,(H,15,17). The molecule has 0 saturated heterocycles. The van der Waals surface area contributed by atoms with E-state index in [4.69, 9.17) is 4.74 Å². The number of phenols is 1. The van der Waals surface area contributed by atoms with E-state index in [1.54, 1.807) is 18.2 Å². The predicted molar refractivity (Wildman–Crippen MR) is 77.5 cm³/mol. The zero-order valence-corrected chi connectivity index (χ0v) is 12.2. The maximum Gasteiger partial charge on any atom is 0.230 e. The van der Waals surface area contributed by atoms with E-state index in [0.29, 0.717) is 18.9 Å². The smallest absolute Gasteiger partial charge is 0.230 e. The third-order valence-corrected chi connectivity index (χ3v) is 3.28. The number of amides is 1. The highest BCUT2D eigenvalue weighted by atomic mass is 32.2. The Labute approximate surface area is 118 Å². The largest absolute Gasteiger partial charge is 0.508 e. The summed E-state index contributed by atoms with van der Waals surface area (Å²) in [7, 11) is 0. The Morgan fingerprint density at radius 2 is 2.26 bits per heavy atom. The van der Waals surface area contributed by atoms with E-state index in [2.05, 4.69) is 5.32 Å². The average molecular weight is 283 g/mol. The summed E-state index contributed by atoms with van der Waals surface area (Å²) < 4.78 is 5.38. The molecule has 0 bridgehead atoms. The molecule has 1 amide bonds. The van der Waals surface area contributed by atoms with Crippen LogP contribution >= 0.6 is 11.8 Å². The second-order valence-electron chi connectivity index (χ2n) is 4.41. The lowest BCUT2D eigenvalue weighted by molar-refractivity contribution is -0.118. The molecule has 1 aromatic rings. The van der Waals surface area contributed by atoms with Crippen LogP contribution < -0.4 is 5.32 Å². The van der Waals surface area contributed by atoms with Gasteiger partial charge in [0.25, 0.3) is 0 Å². The first kappa shape index (κ1) is 15.9. The van der Waals surface area contributed by atoms with Gasteiger partial charge in [-0.3, -0.25) is 4.79 Å². The Morgan fingerprint density at radius 3 is 2.95 bits per heavy atom. The van der Waals surface area contributed by atoms with Gasteiger partial charge in [-0.2, -0.15) is 0 Å². The second kappa shape index (κ2) is 8.82. The Bertz CT molecular complexity index is 396. The zero-order chi connectivity index (χ0) is 14.1. The number of hydrogen-bond donors (Lipinski definition) is 2. The lowest BCUT2D eigenvalue weighted by atomic mass is 10.3. The van der Waals surface area contributed by atoms with Crippen molar-refractivity contribution in [3.63, 3.8) is 0 Å². The second-order valence-corrected chi connectivity index (χ2v) is 5.46. The van der Waals surface area contributed by atoms with Gasteiger partial charge in [-0.15, -0.1) is 11.8 Å². The van der Waals surface area contributed by atoms with Crippen LogP contribution in [-0.2, 0) is 9.53 Å². The van der Waals surface area contributed by atoms with E-state index >= 15 is 0 Å². The van der Waals surface area contributed by atoms with E-state index in [1.807, 2.05) is 19.9 Å². The van der Waals surface area contributed by atoms with Crippen molar-refractivity contribution in [3.05, 3.63) is 24.3 Å². The average Bonchev–Trinajstić information content (AvgIpc) is 2.35. The molecule has 4 nitrogen and oxygen atoms in total. The molecule has 1 aromatic carbocycles. The molecular formula is C14H21NO3S. The molecule has 0 aliphatic carbocycles. The monoisotopic (exact) mass is 283 g/mol. The van der Waals surface area contributed by atoms with Gasteiger partial charge in [0.05, 0.1) is 11.9 Å². The summed E-state index contributed by atoms with van der Waals surface area (Å²) >= 11 is 1.41. The van der Waals surface area contributed by atoms with Gasteiger partial charge in [0.1, 0.15) is 5.75 Å². The van der Waals surface area contributed by atoms with Crippen LogP contribution in [0.1, 0.15) is 20.3 Å². The van der Waals surface area contributed by atoms with E-state index in [1.165, 1.54) is 11.8 Å². The normalized spacial score (nSPS) is 10.7. The van der Waals surface area contributed by atoms with E-state index in [0.717, 1.165) is 11.3 Å². The minimum Gasteiger partial charge on any atom is -0.508 e. The summed E-state index contributed by atoms with van der Waals surface area (Å²) in [6, 6.07) is 6.89. The molecule has 106 valence electrons. The maximum atomic E-state index is 11.6. The van der Waals surface area contributed by atoms with Crippen LogP contribution in [0.2, 0.25) is 0 Å². The summed E-state index contributed by atoms with van der Waals surface area (Å²) in [4.78, 5) is 12.5. The van der Waals surface area contributed by atoms with Crippen LogP contribution in [0.5, 0.6) is 5.75 Å². The molecule has 19 heavy (non-hydrogen) atoms. The van der Waals surface area contributed by atoms with E-state index in [9.17, 15) is 9.90 Å². The molecule has 1 rings (SSSR count). The molecule has 2 N–H and O–H groups in total. The molecular weight excluding hydrogens is 262 g/mol. The third kappa shape index (κ3) is 7.74. The van der Waals surface area contributed by atoms with Crippen molar-refractivity contribution in [2.24, 2.45) is 0 Å². The number of thioether (sulfide) groups is 1. The number of rotatable bonds is 8. The van der Waals surface area contributed by atoms with Crippen molar-refractivity contribution in [2.75, 3.05) is 18.9 Å². The van der Waals surface area contributed by atoms with Crippen LogP contribution in [0.15, 0.2) is 29.2 Å². The molecule has 0 radical (unpaired) electrons. The topological polar surface area (TPSA) is 58.6 Å². The van der Waals surface area contributed by atoms with Gasteiger partial charge < -0.3 is 15.2 Å². The number of carbonyl (C=O) groups is 1. The van der Waals surface area contributed by atoms with Gasteiger partial charge in [-0.25, -0.2) is 0 Å². The minimum atomic E-state index is -0.00195. The highest BCUT2D eigenvalue weighted by Crippen LogP contribution is 2.21. The van der Waals surface area contributed by atoms with Gasteiger partial charge >= 0.3 is 0 Å². The number of hydrogen-bond acceptors (Lipinski definition) is 4. The predicted octanol–water partition coefficient (Wildman–Crippen LogP) is 2.42. The highest BCUT2D eigenvalue weighted by molar-refractivity contribution is 8.00. The quantitative estimate of drug-likeness (QED) is 0.568. The highest BCUT2D eigenvalue weighted by Gasteiger charge is 2.03. The molecule has 0 atom stereocenters. The summed E-state index contributed by atoms with van der Waals surface area (Å²) in [5.74, 6) is 0.572. The van der Waals surface area contributed by atoms with Crippen LogP contribution in [0.4, 0.5) is 0 Å². The van der Waals surface area contributed by atoms with Crippen LogP contribution in [0, 0.1) is 0 Å². The van der Waals surface area contributed by atoms with E-state index < -0.39 is 0 Å². The molecule has 0 unspecified atom stereocenters. The van der Waals surface area contributed by atoms with Crippen molar-refractivity contribution >= 4 is 17.7 Å².